The highest BCUT2D eigenvalue weighted by atomic mass is 79.9. The average molecular weight is 442 g/mol. The van der Waals surface area contributed by atoms with Crippen molar-refractivity contribution in [3.63, 3.8) is 0 Å². The lowest BCUT2D eigenvalue weighted by Crippen LogP contribution is -2.28. The van der Waals surface area contributed by atoms with E-state index < -0.39 is 5.92 Å². The second-order valence-electron chi connectivity index (χ2n) is 5.93. The number of hydrogen-bond acceptors (Lipinski definition) is 2. The fourth-order valence-corrected chi connectivity index (χ4v) is 3.69. The maximum atomic E-state index is 12.6. The van der Waals surface area contributed by atoms with Gasteiger partial charge in [-0.3, -0.25) is 9.59 Å². The molecule has 1 fully saturated rings. The van der Waals surface area contributed by atoms with Crippen LogP contribution in [0.4, 0.5) is 11.4 Å². The summed E-state index contributed by atoms with van der Waals surface area (Å²) < 4.78 is 0.945. The van der Waals surface area contributed by atoms with Crippen molar-refractivity contribution in [2.75, 3.05) is 16.8 Å². The number of carbonyl (C=O) groups is 2. The SMILES string of the molecule is Cc1cc(Br)ccc1NC(=O)[C@H]1CC(=O)N(c2cccc(Cl)c2Cl)C1. The maximum absolute atomic E-state index is 12.6. The van der Waals surface area contributed by atoms with E-state index in [0.717, 1.165) is 15.7 Å². The minimum absolute atomic E-state index is 0.142. The van der Waals surface area contributed by atoms with Crippen molar-refractivity contribution in [2.45, 2.75) is 13.3 Å². The Morgan fingerprint density at radius 1 is 1.28 bits per heavy atom. The molecule has 0 aliphatic carbocycles. The quantitative estimate of drug-likeness (QED) is 0.723. The molecule has 0 spiro atoms. The monoisotopic (exact) mass is 440 g/mol. The van der Waals surface area contributed by atoms with Gasteiger partial charge in [-0.1, -0.05) is 45.2 Å². The molecule has 4 nitrogen and oxygen atoms in total. The molecule has 7 heteroatoms. The van der Waals surface area contributed by atoms with Crippen LogP contribution in [0.25, 0.3) is 0 Å². The molecule has 0 aromatic heterocycles. The Bertz CT molecular complexity index is 857. The molecule has 1 N–H and O–H groups in total. The summed E-state index contributed by atoms with van der Waals surface area (Å²) in [7, 11) is 0. The Morgan fingerprint density at radius 3 is 2.76 bits per heavy atom. The summed E-state index contributed by atoms with van der Waals surface area (Å²) >= 11 is 15.6. The fourth-order valence-electron chi connectivity index (χ4n) is 2.82. The van der Waals surface area contributed by atoms with Gasteiger partial charge in [-0.25, -0.2) is 0 Å². The second-order valence-corrected chi connectivity index (χ2v) is 7.63. The van der Waals surface area contributed by atoms with Gasteiger partial charge in [0.1, 0.15) is 0 Å². The van der Waals surface area contributed by atoms with Crippen LogP contribution in [0, 0.1) is 12.8 Å². The van der Waals surface area contributed by atoms with Gasteiger partial charge in [0.25, 0.3) is 0 Å². The molecule has 0 unspecified atom stereocenters. The number of aryl methyl sites for hydroxylation is 1. The van der Waals surface area contributed by atoms with Gasteiger partial charge in [-0.2, -0.15) is 0 Å². The lowest BCUT2D eigenvalue weighted by Gasteiger charge is -2.19. The number of benzene rings is 2. The van der Waals surface area contributed by atoms with Gasteiger partial charge in [-0.05, 0) is 42.8 Å². The highest BCUT2D eigenvalue weighted by Gasteiger charge is 2.36. The van der Waals surface area contributed by atoms with Crippen molar-refractivity contribution in [3.8, 4) is 0 Å². The van der Waals surface area contributed by atoms with Crippen LogP contribution in [-0.2, 0) is 9.59 Å². The Morgan fingerprint density at radius 2 is 2.04 bits per heavy atom. The minimum Gasteiger partial charge on any atom is -0.326 e. The molecule has 3 rings (SSSR count). The minimum atomic E-state index is -0.439. The van der Waals surface area contributed by atoms with E-state index in [1.54, 1.807) is 18.2 Å². The molecule has 1 heterocycles. The number of nitrogens with one attached hydrogen (secondary N) is 1. The molecular formula is C18H15BrCl2N2O2. The van der Waals surface area contributed by atoms with Gasteiger partial charge in [0.05, 0.1) is 21.7 Å². The summed E-state index contributed by atoms with van der Waals surface area (Å²) in [6.45, 7) is 2.19. The zero-order valence-corrected chi connectivity index (χ0v) is 16.5. The number of anilines is 2. The van der Waals surface area contributed by atoms with Crippen LogP contribution in [0.1, 0.15) is 12.0 Å². The fraction of sp³-hybridized carbons (Fsp3) is 0.222. The zero-order chi connectivity index (χ0) is 18.1. The average Bonchev–Trinajstić information content (AvgIpc) is 2.94. The van der Waals surface area contributed by atoms with Crippen LogP contribution in [0.15, 0.2) is 40.9 Å². The number of amides is 2. The van der Waals surface area contributed by atoms with E-state index in [-0.39, 0.29) is 24.8 Å². The summed E-state index contributed by atoms with van der Waals surface area (Å²) in [5, 5.41) is 3.60. The number of hydrogen-bond donors (Lipinski definition) is 1. The normalized spacial score (nSPS) is 17.0. The predicted molar refractivity (Wildman–Crippen MR) is 104 cm³/mol. The molecule has 2 aromatic rings. The Hall–Kier alpha value is -1.56. The molecule has 1 aliphatic rings. The summed E-state index contributed by atoms with van der Waals surface area (Å²) in [5.41, 5.74) is 2.22. The first-order valence-corrected chi connectivity index (χ1v) is 9.23. The molecule has 1 saturated heterocycles. The number of halogens is 3. The van der Waals surface area contributed by atoms with E-state index >= 15 is 0 Å². The van der Waals surface area contributed by atoms with Gasteiger partial charge in [-0.15, -0.1) is 0 Å². The first-order valence-electron chi connectivity index (χ1n) is 7.68. The molecule has 1 atom stereocenters. The summed E-state index contributed by atoms with van der Waals surface area (Å²) in [5.74, 6) is -0.762. The number of carbonyl (C=O) groups excluding carboxylic acids is 2. The molecular weight excluding hydrogens is 427 g/mol. The molecule has 2 aromatic carbocycles. The van der Waals surface area contributed by atoms with Crippen molar-refractivity contribution in [1.82, 2.24) is 0 Å². The van der Waals surface area contributed by atoms with Crippen LogP contribution in [0.5, 0.6) is 0 Å². The van der Waals surface area contributed by atoms with E-state index in [0.29, 0.717) is 15.7 Å². The van der Waals surface area contributed by atoms with E-state index in [2.05, 4.69) is 21.2 Å². The van der Waals surface area contributed by atoms with E-state index in [4.69, 9.17) is 23.2 Å². The highest BCUT2D eigenvalue weighted by Crippen LogP contribution is 2.36. The summed E-state index contributed by atoms with van der Waals surface area (Å²) in [4.78, 5) is 26.4. The van der Waals surface area contributed by atoms with Crippen molar-refractivity contribution >= 4 is 62.3 Å². The standard InChI is InChI=1S/C18H15BrCl2N2O2/c1-10-7-12(19)5-6-14(10)22-18(25)11-8-16(24)23(9-11)15-4-2-3-13(20)17(15)21/h2-7,11H,8-9H2,1H3,(H,22,25)/t11-/m0/s1. The first kappa shape index (κ1) is 18.2. The molecule has 1 aliphatic heterocycles. The molecule has 25 heavy (non-hydrogen) atoms. The van der Waals surface area contributed by atoms with Crippen LogP contribution in [0.3, 0.4) is 0 Å². The topological polar surface area (TPSA) is 49.4 Å². The van der Waals surface area contributed by atoms with Crippen LogP contribution >= 0.6 is 39.1 Å². The van der Waals surface area contributed by atoms with Crippen molar-refractivity contribution in [3.05, 3.63) is 56.5 Å². The van der Waals surface area contributed by atoms with Crippen LogP contribution in [0.2, 0.25) is 10.0 Å². The summed E-state index contributed by atoms with van der Waals surface area (Å²) in [6.07, 6.45) is 0.143. The largest absolute Gasteiger partial charge is 0.326 e. The second kappa shape index (κ2) is 7.36. The molecule has 0 bridgehead atoms. The zero-order valence-electron chi connectivity index (χ0n) is 13.4. The van der Waals surface area contributed by atoms with Crippen molar-refractivity contribution in [1.29, 1.82) is 0 Å². The Balaban J connectivity index is 1.75. The number of rotatable bonds is 3. The lowest BCUT2D eigenvalue weighted by molar-refractivity contribution is -0.122. The van der Waals surface area contributed by atoms with Crippen LogP contribution in [-0.4, -0.2) is 18.4 Å². The predicted octanol–water partition coefficient (Wildman–Crippen LogP) is 5.06. The third kappa shape index (κ3) is 3.84. The lowest BCUT2D eigenvalue weighted by atomic mass is 10.1. The van der Waals surface area contributed by atoms with Crippen LogP contribution < -0.4 is 10.2 Å². The van der Waals surface area contributed by atoms with Gasteiger partial charge < -0.3 is 10.2 Å². The van der Waals surface area contributed by atoms with E-state index in [1.165, 1.54) is 4.90 Å². The number of nitrogens with zero attached hydrogens (tertiary/aromatic N) is 1. The maximum Gasteiger partial charge on any atom is 0.229 e. The van der Waals surface area contributed by atoms with Gasteiger partial charge in [0.2, 0.25) is 11.8 Å². The summed E-state index contributed by atoms with van der Waals surface area (Å²) in [6, 6.07) is 10.7. The molecule has 2 amide bonds. The third-order valence-corrected chi connectivity index (χ3v) is 5.47. The Labute approximate surface area is 164 Å². The van der Waals surface area contributed by atoms with E-state index in [9.17, 15) is 9.59 Å². The van der Waals surface area contributed by atoms with Crippen molar-refractivity contribution in [2.24, 2.45) is 5.92 Å². The van der Waals surface area contributed by atoms with Gasteiger partial charge in [0.15, 0.2) is 0 Å². The van der Waals surface area contributed by atoms with Gasteiger partial charge >= 0.3 is 0 Å². The third-order valence-electron chi connectivity index (χ3n) is 4.16. The van der Waals surface area contributed by atoms with Crippen molar-refractivity contribution < 1.29 is 9.59 Å². The molecule has 0 saturated carbocycles. The first-order chi connectivity index (χ1) is 11.9. The molecule has 130 valence electrons. The highest BCUT2D eigenvalue weighted by molar-refractivity contribution is 9.10. The Kier molecular flexibility index (Phi) is 5.37. The van der Waals surface area contributed by atoms with E-state index in [1.807, 2.05) is 25.1 Å². The van der Waals surface area contributed by atoms with Gasteiger partial charge in [0, 0.05) is 23.1 Å². The molecule has 0 radical (unpaired) electrons. The smallest absolute Gasteiger partial charge is 0.229 e.